The van der Waals surface area contributed by atoms with Crippen LogP contribution >= 0.6 is 0 Å². The highest BCUT2D eigenvalue weighted by Gasteiger charge is 2.31. The van der Waals surface area contributed by atoms with Gasteiger partial charge in [0.1, 0.15) is 5.82 Å². The first-order valence-corrected chi connectivity index (χ1v) is 10.4. The highest BCUT2D eigenvalue weighted by atomic mass is 32.2. The van der Waals surface area contributed by atoms with Gasteiger partial charge in [0.15, 0.2) is 5.84 Å². The summed E-state index contributed by atoms with van der Waals surface area (Å²) in [4.78, 5) is 1.92. The van der Waals surface area contributed by atoms with Gasteiger partial charge in [-0.15, -0.1) is 4.40 Å². The largest absolute Gasteiger partial charge is 0.322 e. The number of anilines is 1. The van der Waals surface area contributed by atoms with Crippen molar-refractivity contribution in [1.29, 1.82) is 0 Å². The molecule has 3 aromatic rings. The summed E-state index contributed by atoms with van der Waals surface area (Å²) in [7, 11) is -4.01. The lowest BCUT2D eigenvalue weighted by Crippen LogP contribution is -2.37. The molecule has 1 aliphatic heterocycles. The first kappa shape index (κ1) is 18.4. The monoisotopic (exact) mass is 394 g/mol. The van der Waals surface area contributed by atoms with Gasteiger partial charge in [-0.3, -0.25) is 0 Å². The Kier molecular flexibility index (Phi) is 4.73. The number of hydrogen-bond acceptors (Lipinski definition) is 2. The molecule has 3 aromatic carbocycles. The quantitative estimate of drug-likeness (QED) is 0.488. The number of hydrogen-bond donors (Lipinski definition) is 0. The summed E-state index contributed by atoms with van der Waals surface area (Å²) in [5.74, 6) is -0.129. The zero-order valence-electron chi connectivity index (χ0n) is 15.3. The minimum absolute atomic E-state index is 0.0394. The van der Waals surface area contributed by atoms with E-state index in [2.05, 4.69) is 4.40 Å². The predicted molar refractivity (Wildman–Crippen MR) is 109 cm³/mol. The van der Waals surface area contributed by atoms with Crippen LogP contribution < -0.4 is 4.90 Å². The van der Waals surface area contributed by atoms with E-state index in [1.165, 1.54) is 12.1 Å². The minimum Gasteiger partial charge on any atom is -0.322 e. The van der Waals surface area contributed by atoms with Gasteiger partial charge >= 0.3 is 0 Å². The lowest BCUT2D eigenvalue weighted by molar-refractivity contribution is 0.596. The number of para-hydroxylation sites is 1. The number of sulfonamides is 1. The first-order chi connectivity index (χ1) is 13.5. The van der Waals surface area contributed by atoms with Gasteiger partial charge in [-0.2, -0.15) is 8.42 Å². The average Bonchev–Trinajstić information content (AvgIpc) is 3.03. The molecule has 4 nitrogen and oxygen atoms in total. The van der Waals surface area contributed by atoms with Crippen LogP contribution in [0.5, 0.6) is 0 Å². The van der Waals surface area contributed by atoms with Crippen molar-refractivity contribution in [2.24, 2.45) is 4.40 Å². The van der Waals surface area contributed by atoms with Crippen LogP contribution in [0.2, 0.25) is 0 Å². The maximum Gasteiger partial charge on any atom is 0.284 e. The van der Waals surface area contributed by atoms with Crippen molar-refractivity contribution in [2.75, 3.05) is 4.90 Å². The van der Waals surface area contributed by atoms with E-state index in [1.54, 1.807) is 0 Å². The standard InChI is InChI=1S/C22H19FN2O2S/c1-16-15-18-9-5-6-10-21(18)25(16)22(17-7-3-2-4-8-17)24-28(26,27)20-13-11-19(23)12-14-20/h2-14,16H,15H2,1H3/t16-/m0/s1. The molecule has 0 bridgehead atoms. The van der Waals surface area contributed by atoms with Crippen molar-refractivity contribution in [3.8, 4) is 0 Å². The Hall–Kier alpha value is -2.99. The fraction of sp³-hybridized carbons (Fsp3) is 0.136. The Balaban J connectivity index is 1.88. The number of rotatable bonds is 3. The Morgan fingerprint density at radius 1 is 0.964 bits per heavy atom. The summed E-state index contributed by atoms with van der Waals surface area (Å²) in [6.07, 6.45) is 0.804. The Morgan fingerprint density at radius 2 is 1.61 bits per heavy atom. The lowest BCUT2D eigenvalue weighted by Gasteiger charge is -2.26. The predicted octanol–water partition coefficient (Wildman–Crippen LogP) is 4.41. The van der Waals surface area contributed by atoms with E-state index in [4.69, 9.17) is 0 Å². The Morgan fingerprint density at radius 3 is 2.32 bits per heavy atom. The van der Waals surface area contributed by atoms with E-state index < -0.39 is 15.8 Å². The Bertz CT molecular complexity index is 1130. The average molecular weight is 394 g/mol. The van der Waals surface area contributed by atoms with Crippen molar-refractivity contribution >= 4 is 21.5 Å². The van der Waals surface area contributed by atoms with Gasteiger partial charge < -0.3 is 4.90 Å². The summed E-state index contributed by atoms with van der Waals surface area (Å²) in [5, 5.41) is 0. The van der Waals surface area contributed by atoms with E-state index in [9.17, 15) is 12.8 Å². The number of fused-ring (bicyclic) bond motifs is 1. The molecule has 1 heterocycles. The highest BCUT2D eigenvalue weighted by molar-refractivity contribution is 7.90. The SMILES string of the molecule is C[C@H]1Cc2ccccc2N1C(=NS(=O)(=O)c1ccc(F)cc1)c1ccccc1. The molecule has 0 radical (unpaired) electrons. The molecule has 0 unspecified atom stereocenters. The lowest BCUT2D eigenvalue weighted by atomic mass is 10.1. The molecule has 6 heteroatoms. The zero-order chi connectivity index (χ0) is 19.7. The maximum atomic E-state index is 13.2. The molecule has 142 valence electrons. The summed E-state index contributed by atoms with van der Waals surface area (Å²) >= 11 is 0. The third kappa shape index (κ3) is 3.43. The van der Waals surface area contributed by atoms with E-state index in [0.29, 0.717) is 11.4 Å². The van der Waals surface area contributed by atoms with Crippen LogP contribution in [0.1, 0.15) is 18.1 Å². The minimum atomic E-state index is -4.01. The topological polar surface area (TPSA) is 49.7 Å². The zero-order valence-corrected chi connectivity index (χ0v) is 16.1. The number of amidine groups is 1. The molecular weight excluding hydrogens is 375 g/mol. The van der Waals surface area contributed by atoms with Crippen LogP contribution in [-0.4, -0.2) is 20.3 Å². The summed E-state index contributed by atoms with van der Waals surface area (Å²) in [6.45, 7) is 2.04. The molecule has 0 fully saturated rings. The number of benzene rings is 3. The fourth-order valence-corrected chi connectivity index (χ4v) is 4.49. The van der Waals surface area contributed by atoms with E-state index in [1.807, 2.05) is 66.4 Å². The number of nitrogens with zero attached hydrogens (tertiary/aromatic N) is 2. The van der Waals surface area contributed by atoms with Crippen molar-refractivity contribution in [3.63, 3.8) is 0 Å². The molecular formula is C22H19FN2O2S. The molecule has 1 atom stereocenters. The van der Waals surface area contributed by atoms with Crippen LogP contribution in [0.25, 0.3) is 0 Å². The van der Waals surface area contributed by atoms with E-state index in [0.717, 1.165) is 29.8 Å². The van der Waals surface area contributed by atoms with Crippen molar-refractivity contribution in [2.45, 2.75) is 24.3 Å². The molecule has 0 spiro atoms. The number of halogens is 1. The molecule has 28 heavy (non-hydrogen) atoms. The second-order valence-electron chi connectivity index (χ2n) is 6.76. The summed E-state index contributed by atoms with van der Waals surface area (Å²) < 4.78 is 43.4. The molecule has 1 aliphatic rings. The van der Waals surface area contributed by atoms with E-state index in [-0.39, 0.29) is 10.9 Å². The van der Waals surface area contributed by atoms with Crippen molar-refractivity contribution in [3.05, 3.63) is 95.8 Å². The van der Waals surface area contributed by atoms with Gasteiger partial charge in [0.25, 0.3) is 10.0 Å². The molecule has 0 saturated carbocycles. The highest BCUT2D eigenvalue weighted by Crippen LogP contribution is 2.34. The molecule has 0 N–H and O–H groups in total. The second kappa shape index (κ2) is 7.20. The van der Waals surface area contributed by atoms with E-state index >= 15 is 0 Å². The van der Waals surface area contributed by atoms with Gasteiger partial charge in [-0.25, -0.2) is 4.39 Å². The molecule has 0 aromatic heterocycles. The molecule has 4 rings (SSSR count). The second-order valence-corrected chi connectivity index (χ2v) is 8.37. The maximum absolute atomic E-state index is 13.2. The van der Waals surface area contributed by atoms with Gasteiger partial charge in [0, 0.05) is 17.3 Å². The first-order valence-electron chi connectivity index (χ1n) is 8.99. The van der Waals surface area contributed by atoms with Crippen LogP contribution in [-0.2, 0) is 16.4 Å². The molecule has 0 amide bonds. The van der Waals surface area contributed by atoms with Crippen molar-refractivity contribution in [1.82, 2.24) is 0 Å². The van der Waals surface area contributed by atoms with Crippen LogP contribution in [0.3, 0.4) is 0 Å². The van der Waals surface area contributed by atoms with Crippen LogP contribution in [0.15, 0.2) is 88.2 Å². The van der Waals surface area contributed by atoms with Gasteiger partial charge in [-0.1, -0.05) is 48.5 Å². The smallest absolute Gasteiger partial charge is 0.284 e. The third-order valence-corrected chi connectivity index (χ3v) is 6.07. The van der Waals surface area contributed by atoms with Crippen molar-refractivity contribution < 1.29 is 12.8 Å². The molecule has 0 aliphatic carbocycles. The van der Waals surface area contributed by atoms with Crippen LogP contribution in [0.4, 0.5) is 10.1 Å². The fourth-order valence-electron chi connectivity index (χ4n) is 3.48. The summed E-state index contributed by atoms with van der Waals surface area (Å²) in [6, 6.07) is 21.9. The summed E-state index contributed by atoms with van der Waals surface area (Å²) in [5.41, 5.74) is 2.81. The van der Waals surface area contributed by atoms with Gasteiger partial charge in [-0.05, 0) is 49.2 Å². The molecule has 0 saturated heterocycles. The Labute approximate surface area is 164 Å². The van der Waals surface area contributed by atoms with Crippen LogP contribution in [0, 0.1) is 5.82 Å². The third-order valence-electron chi connectivity index (χ3n) is 4.79. The van der Waals surface area contributed by atoms with Gasteiger partial charge in [0.05, 0.1) is 4.90 Å². The normalized spacial score (nSPS) is 16.9. The van der Waals surface area contributed by atoms with Gasteiger partial charge in [0.2, 0.25) is 0 Å².